The first-order valence-electron chi connectivity index (χ1n) is 5.60. The molecule has 1 aromatic carbocycles. The largest absolute Gasteiger partial charge is 0.496 e. The van der Waals surface area contributed by atoms with Crippen LogP contribution in [0.1, 0.15) is 16.1 Å². The molecule has 2 aromatic rings. The molecular formula is C13H13BrN2O3. The number of ether oxygens (including phenoxy) is 1. The van der Waals surface area contributed by atoms with Gasteiger partial charge in [0.15, 0.2) is 0 Å². The summed E-state index contributed by atoms with van der Waals surface area (Å²) in [5.41, 5.74) is 0.909. The van der Waals surface area contributed by atoms with E-state index in [1.807, 2.05) is 18.2 Å². The van der Waals surface area contributed by atoms with Gasteiger partial charge < -0.3 is 14.2 Å². The van der Waals surface area contributed by atoms with Gasteiger partial charge in [-0.15, -0.1) is 0 Å². The fourth-order valence-corrected chi connectivity index (χ4v) is 2.12. The molecule has 0 fully saturated rings. The van der Waals surface area contributed by atoms with E-state index >= 15 is 0 Å². The summed E-state index contributed by atoms with van der Waals surface area (Å²) in [4.78, 5) is 13.6. The minimum Gasteiger partial charge on any atom is -0.496 e. The molecule has 0 saturated heterocycles. The molecule has 0 radical (unpaired) electrons. The van der Waals surface area contributed by atoms with Crippen LogP contribution in [0.2, 0.25) is 0 Å². The predicted octanol–water partition coefficient (Wildman–Crippen LogP) is 2.72. The van der Waals surface area contributed by atoms with E-state index < -0.39 is 0 Å². The van der Waals surface area contributed by atoms with Crippen molar-refractivity contribution in [1.82, 2.24) is 10.1 Å². The van der Waals surface area contributed by atoms with Crippen LogP contribution < -0.4 is 4.74 Å². The van der Waals surface area contributed by atoms with Crippen LogP contribution in [-0.4, -0.2) is 30.1 Å². The quantitative estimate of drug-likeness (QED) is 0.867. The van der Waals surface area contributed by atoms with Gasteiger partial charge in [-0.25, -0.2) is 0 Å². The minimum atomic E-state index is -0.223. The van der Waals surface area contributed by atoms with Gasteiger partial charge >= 0.3 is 0 Å². The smallest absolute Gasteiger partial charge is 0.292 e. The number of halogens is 1. The summed E-state index contributed by atoms with van der Waals surface area (Å²) in [6.07, 6.45) is 1.45. The molecule has 0 bridgehead atoms. The van der Waals surface area contributed by atoms with Crippen molar-refractivity contribution in [2.75, 3.05) is 14.2 Å². The number of methoxy groups -OCH3 is 1. The number of amides is 1. The van der Waals surface area contributed by atoms with E-state index in [4.69, 9.17) is 9.26 Å². The molecule has 0 unspecified atom stereocenters. The van der Waals surface area contributed by atoms with Crippen LogP contribution in [0.15, 0.2) is 39.5 Å². The Labute approximate surface area is 119 Å². The molecule has 0 aliphatic rings. The minimum absolute atomic E-state index is 0.219. The first kappa shape index (κ1) is 13.6. The summed E-state index contributed by atoms with van der Waals surface area (Å²) in [5.74, 6) is 0.733. The summed E-state index contributed by atoms with van der Waals surface area (Å²) in [6.45, 7) is 0.419. The topological polar surface area (TPSA) is 55.6 Å². The lowest BCUT2D eigenvalue weighted by Gasteiger charge is -2.17. The van der Waals surface area contributed by atoms with Gasteiger partial charge in [0.25, 0.3) is 5.91 Å². The Hall–Kier alpha value is -1.82. The van der Waals surface area contributed by atoms with Gasteiger partial charge in [-0.2, -0.15) is 0 Å². The Kier molecular flexibility index (Phi) is 4.21. The Morgan fingerprint density at radius 1 is 1.47 bits per heavy atom. The van der Waals surface area contributed by atoms with Crippen LogP contribution >= 0.6 is 15.9 Å². The van der Waals surface area contributed by atoms with E-state index in [0.717, 1.165) is 15.8 Å². The third kappa shape index (κ3) is 3.14. The average molecular weight is 325 g/mol. The zero-order chi connectivity index (χ0) is 13.8. The Morgan fingerprint density at radius 3 is 2.89 bits per heavy atom. The highest BCUT2D eigenvalue weighted by molar-refractivity contribution is 9.10. The van der Waals surface area contributed by atoms with Crippen molar-refractivity contribution < 1.29 is 14.1 Å². The molecule has 6 heteroatoms. The molecule has 100 valence electrons. The molecule has 1 heterocycles. The number of benzene rings is 1. The highest BCUT2D eigenvalue weighted by Crippen LogP contribution is 2.24. The van der Waals surface area contributed by atoms with Crippen molar-refractivity contribution in [2.24, 2.45) is 0 Å². The van der Waals surface area contributed by atoms with Crippen LogP contribution in [-0.2, 0) is 6.54 Å². The molecule has 0 aliphatic heterocycles. The Morgan fingerprint density at radius 2 is 2.26 bits per heavy atom. The van der Waals surface area contributed by atoms with Crippen LogP contribution in [0.5, 0.6) is 5.75 Å². The SMILES string of the molecule is COc1ccc(Br)cc1CN(C)C(=O)c1ccno1. The molecule has 0 spiro atoms. The van der Waals surface area contributed by atoms with Crippen LogP contribution in [0.4, 0.5) is 0 Å². The van der Waals surface area contributed by atoms with Crippen LogP contribution in [0.25, 0.3) is 0 Å². The van der Waals surface area contributed by atoms with Crippen molar-refractivity contribution in [1.29, 1.82) is 0 Å². The maximum Gasteiger partial charge on any atom is 0.292 e. The summed E-state index contributed by atoms with van der Waals surface area (Å²) in [7, 11) is 3.30. The number of hydrogen-bond acceptors (Lipinski definition) is 4. The van der Waals surface area contributed by atoms with E-state index in [2.05, 4.69) is 21.1 Å². The van der Waals surface area contributed by atoms with Gasteiger partial charge in [0.1, 0.15) is 5.75 Å². The first-order chi connectivity index (χ1) is 9.11. The van der Waals surface area contributed by atoms with Gasteiger partial charge in [0.2, 0.25) is 5.76 Å². The van der Waals surface area contributed by atoms with Crippen molar-refractivity contribution in [3.05, 3.63) is 46.3 Å². The van der Waals surface area contributed by atoms with Gasteiger partial charge in [-0.3, -0.25) is 4.79 Å². The highest BCUT2D eigenvalue weighted by atomic mass is 79.9. The first-order valence-corrected chi connectivity index (χ1v) is 6.39. The third-order valence-electron chi connectivity index (χ3n) is 2.65. The number of carbonyl (C=O) groups excluding carboxylic acids is 1. The number of aromatic nitrogens is 1. The molecule has 5 nitrogen and oxygen atoms in total. The molecule has 1 aromatic heterocycles. The molecular weight excluding hydrogens is 312 g/mol. The molecule has 1 amide bonds. The second-order valence-corrected chi connectivity index (χ2v) is 4.91. The van der Waals surface area contributed by atoms with E-state index in [1.54, 1.807) is 19.1 Å². The second kappa shape index (κ2) is 5.88. The standard InChI is InChI=1S/C13H13BrN2O3/c1-16(13(17)12-5-6-15-19-12)8-9-7-10(14)3-4-11(9)18-2/h3-7H,8H2,1-2H3. The van der Waals surface area contributed by atoms with Gasteiger partial charge in [-0.05, 0) is 18.2 Å². The van der Waals surface area contributed by atoms with Gasteiger partial charge in [-0.1, -0.05) is 21.1 Å². The Bertz CT molecular complexity index is 569. The monoisotopic (exact) mass is 324 g/mol. The summed E-state index contributed by atoms with van der Waals surface area (Å²) in [5, 5.41) is 3.53. The fourth-order valence-electron chi connectivity index (χ4n) is 1.71. The van der Waals surface area contributed by atoms with Gasteiger partial charge in [0, 0.05) is 29.7 Å². The fraction of sp³-hybridized carbons (Fsp3) is 0.231. The van der Waals surface area contributed by atoms with E-state index in [0.29, 0.717) is 6.54 Å². The van der Waals surface area contributed by atoms with Crippen molar-refractivity contribution in [3.8, 4) is 5.75 Å². The lowest BCUT2D eigenvalue weighted by molar-refractivity contribution is 0.0742. The maximum absolute atomic E-state index is 12.0. The predicted molar refractivity (Wildman–Crippen MR) is 73.0 cm³/mol. The lowest BCUT2D eigenvalue weighted by atomic mass is 10.2. The molecule has 0 N–H and O–H groups in total. The van der Waals surface area contributed by atoms with Crippen LogP contribution in [0, 0.1) is 0 Å². The van der Waals surface area contributed by atoms with Gasteiger partial charge in [0.05, 0.1) is 13.3 Å². The number of carbonyl (C=O) groups is 1. The highest BCUT2D eigenvalue weighted by Gasteiger charge is 2.17. The zero-order valence-corrected chi connectivity index (χ0v) is 12.2. The summed E-state index contributed by atoms with van der Waals surface area (Å²) in [6, 6.07) is 7.20. The molecule has 0 aliphatic carbocycles. The molecule has 19 heavy (non-hydrogen) atoms. The second-order valence-electron chi connectivity index (χ2n) is 3.99. The van der Waals surface area contributed by atoms with E-state index in [-0.39, 0.29) is 11.7 Å². The molecule has 0 saturated carbocycles. The number of rotatable bonds is 4. The van der Waals surface area contributed by atoms with Crippen molar-refractivity contribution in [2.45, 2.75) is 6.54 Å². The maximum atomic E-state index is 12.0. The van der Waals surface area contributed by atoms with Crippen LogP contribution in [0.3, 0.4) is 0 Å². The van der Waals surface area contributed by atoms with E-state index in [9.17, 15) is 4.79 Å². The van der Waals surface area contributed by atoms with Crippen molar-refractivity contribution in [3.63, 3.8) is 0 Å². The average Bonchev–Trinajstić information content (AvgIpc) is 2.92. The molecule has 0 atom stereocenters. The summed E-state index contributed by atoms with van der Waals surface area (Å²) >= 11 is 3.40. The van der Waals surface area contributed by atoms with Crippen molar-refractivity contribution >= 4 is 21.8 Å². The Balaban J connectivity index is 2.17. The molecule has 2 rings (SSSR count). The zero-order valence-electron chi connectivity index (χ0n) is 10.6. The number of hydrogen-bond donors (Lipinski definition) is 0. The number of nitrogens with zero attached hydrogens (tertiary/aromatic N) is 2. The summed E-state index contributed by atoms with van der Waals surface area (Å²) < 4.78 is 11.1. The lowest BCUT2D eigenvalue weighted by Crippen LogP contribution is -2.26. The third-order valence-corrected chi connectivity index (χ3v) is 3.14. The van der Waals surface area contributed by atoms with E-state index in [1.165, 1.54) is 12.3 Å². The normalized spacial score (nSPS) is 10.3.